The third-order valence-corrected chi connectivity index (χ3v) is 5.57. The highest BCUT2D eigenvalue weighted by Crippen LogP contribution is 2.30. The minimum atomic E-state index is -0.828. The number of hydrogen-bond acceptors (Lipinski definition) is 5. The van der Waals surface area contributed by atoms with Crippen molar-refractivity contribution >= 4 is 40.7 Å². The summed E-state index contributed by atoms with van der Waals surface area (Å²) < 4.78 is 0. The summed E-state index contributed by atoms with van der Waals surface area (Å²) in [6.45, 7) is 1.89. The topological polar surface area (TPSA) is 111 Å². The minimum Gasteiger partial charge on any atom is -0.353 e. The molecule has 4 rings (SSSR count). The molecule has 0 radical (unpaired) electrons. The normalized spacial score (nSPS) is 25.5. The Bertz CT molecular complexity index is 984. The van der Waals surface area contributed by atoms with Crippen molar-refractivity contribution in [1.29, 1.82) is 0 Å². The number of benzene rings is 2. The predicted molar refractivity (Wildman–Crippen MR) is 113 cm³/mol. The van der Waals surface area contributed by atoms with Gasteiger partial charge in [0.1, 0.15) is 0 Å². The molecule has 0 aliphatic carbocycles. The van der Waals surface area contributed by atoms with Gasteiger partial charge >= 0.3 is 0 Å². The van der Waals surface area contributed by atoms with Crippen molar-refractivity contribution in [3.05, 3.63) is 59.1 Å². The molecule has 5 N–H and O–H groups in total. The van der Waals surface area contributed by atoms with Crippen LogP contribution in [0, 0.1) is 18.8 Å². The Morgan fingerprint density at radius 3 is 2.60 bits per heavy atom. The first-order valence-electron chi connectivity index (χ1n) is 9.65. The van der Waals surface area contributed by atoms with Crippen LogP contribution in [0.2, 0.25) is 5.02 Å². The van der Waals surface area contributed by atoms with Gasteiger partial charge in [-0.25, -0.2) is 0 Å². The molecule has 3 amide bonds. The van der Waals surface area contributed by atoms with E-state index in [0.717, 1.165) is 11.3 Å². The quantitative estimate of drug-likeness (QED) is 0.510. The highest BCUT2D eigenvalue weighted by atomic mass is 35.5. The first kappa shape index (κ1) is 20.2. The molecule has 0 saturated carbocycles. The van der Waals surface area contributed by atoms with E-state index in [1.54, 1.807) is 12.1 Å². The van der Waals surface area contributed by atoms with Crippen LogP contribution in [0.25, 0.3) is 0 Å². The maximum Gasteiger partial charge on any atom is 0.229 e. The molecule has 2 aliphatic rings. The van der Waals surface area contributed by atoms with Gasteiger partial charge in [0.25, 0.3) is 0 Å². The highest BCUT2D eigenvalue weighted by Gasteiger charge is 2.48. The summed E-state index contributed by atoms with van der Waals surface area (Å²) in [4.78, 5) is 38.1. The van der Waals surface area contributed by atoms with Gasteiger partial charge in [0.15, 0.2) is 6.29 Å². The Kier molecular flexibility index (Phi) is 5.61. The lowest BCUT2D eigenvalue weighted by atomic mass is 9.81. The average Bonchev–Trinajstić information content (AvgIpc) is 2.70. The number of piperidine rings is 1. The summed E-state index contributed by atoms with van der Waals surface area (Å²) in [7, 11) is 0. The van der Waals surface area contributed by atoms with Gasteiger partial charge in [0, 0.05) is 12.1 Å². The number of amides is 3. The zero-order valence-electron chi connectivity index (χ0n) is 16.2. The molecule has 2 aromatic rings. The van der Waals surface area contributed by atoms with Crippen molar-refractivity contribution in [3.63, 3.8) is 0 Å². The number of hydrogen-bond donors (Lipinski definition) is 5. The van der Waals surface area contributed by atoms with Crippen LogP contribution in [-0.4, -0.2) is 30.2 Å². The number of nitrogens with one attached hydrogen (secondary N) is 5. The number of carbonyl (C=O) groups is 3. The monoisotopic (exact) mass is 427 g/mol. The fourth-order valence-corrected chi connectivity index (χ4v) is 4.08. The van der Waals surface area contributed by atoms with Crippen LogP contribution in [-0.2, 0) is 14.4 Å². The Balaban J connectivity index is 1.49. The van der Waals surface area contributed by atoms with Crippen molar-refractivity contribution in [2.45, 2.75) is 25.8 Å². The molecule has 156 valence electrons. The van der Waals surface area contributed by atoms with Crippen molar-refractivity contribution in [3.8, 4) is 0 Å². The van der Waals surface area contributed by atoms with E-state index in [9.17, 15) is 14.4 Å². The van der Waals surface area contributed by atoms with Crippen molar-refractivity contribution in [2.24, 2.45) is 11.8 Å². The zero-order chi connectivity index (χ0) is 21.3. The molecule has 0 aromatic heterocycles. The molecule has 2 fully saturated rings. The van der Waals surface area contributed by atoms with Crippen molar-refractivity contribution in [1.82, 2.24) is 16.0 Å². The second-order valence-electron chi connectivity index (χ2n) is 7.47. The third kappa shape index (κ3) is 4.24. The average molecular weight is 428 g/mol. The maximum atomic E-state index is 13.0. The Morgan fingerprint density at radius 2 is 1.87 bits per heavy atom. The first-order valence-corrected chi connectivity index (χ1v) is 10.0. The van der Waals surface area contributed by atoms with Crippen LogP contribution >= 0.6 is 11.6 Å². The first-order chi connectivity index (χ1) is 14.4. The second kappa shape index (κ2) is 8.33. The molecular formula is C21H22ClN5O3. The van der Waals surface area contributed by atoms with Crippen LogP contribution in [0.15, 0.2) is 48.5 Å². The number of anilines is 2. The molecule has 0 bridgehead atoms. The third-order valence-electron chi connectivity index (χ3n) is 5.25. The van der Waals surface area contributed by atoms with E-state index >= 15 is 0 Å². The van der Waals surface area contributed by atoms with E-state index in [-0.39, 0.29) is 18.2 Å². The molecule has 9 heteroatoms. The molecule has 30 heavy (non-hydrogen) atoms. The summed E-state index contributed by atoms with van der Waals surface area (Å²) in [5.41, 5.74) is 2.21. The SMILES string of the molecule is Cc1ccc(NC(=O)C2CC(=O)NC3NC(Nc4ccccc4)NC(=O)C32)c(Cl)c1. The maximum absolute atomic E-state index is 13.0. The zero-order valence-corrected chi connectivity index (χ0v) is 17.0. The van der Waals surface area contributed by atoms with Crippen LogP contribution in [0.5, 0.6) is 0 Å². The van der Waals surface area contributed by atoms with Crippen LogP contribution in [0.1, 0.15) is 12.0 Å². The molecule has 4 unspecified atom stereocenters. The predicted octanol–water partition coefficient (Wildman–Crippen LogP) is 1.78. The highest BCUT2D eigenvalue weighted by molar-refractivity contribution is 6.33. The largest absolute Gasteiger partial charge is 0.353 e. The number of carbonyl (C=O) groups excluding carboxylic acids is 3. The molecule has 0 spiro atoms. The molecule has 2 aliphatic heterocycles. The smallest absolute Gasteiger partial charge is 0.229 e. The lowest BCUT2D eigenvalue weighted by Gasteiger charge is -2.43. The number of para-hydroxylation sites is 1. The molecule has 2 aromatic carbocycles. The van der Waals surface area contributed by atoms with E-state index in [1.165, 1.54) is 0 Å². The summed E-state index contributed by atoms with van der Waals surface area (Å²) in [6.07, 6.45) is -1.34. The van der Waals surface area contributed by atoms with Gasteiger partial charge in [0.05, 0.1) is 28.7 Å². The molecule has 4 atom stereocenters. The molecule has 8 nitrogen and oxygen atoms in total. The summed E-state index contributed by atoms with van der Waals surface area (Å²) >= 11 is 6.21. The van der Waals surface area contributed by atoms with Crippen LogP contribution in [0.4, 0.5) is 11.4 Å². The van der Waals surface area contributed by atoms with Gasteiger partial charge in [-0.2, -0.15) is 0 Å². The second-order valence-corrected chi connectivity index (χ2v) is 7.88. The fraction of sp³-hybridized carbons (Fsp3) is 0.286. The minimum absolute atomic E-state index is 0.0810. The summed E-state index contributed by atoms with van der Waals surface area (Å²) in [6, 6.07) is 14.6. The molecular weight excluding hydrogens is 406 g/mol. The number of aryl methyl sites for hydroxylation is 1. The lowest BCUT2D eigenvalue weighted by molar-refractivity contribution is -0.144. The van der Waals surface area contributed by atoms with Crippen molar-refractivity contribution in [2.75, 3.05) is 10.6 Å². The van der Waals surface area contributed by atoms with E-state index in [4.69, 9.17) is 11.6 Å². The van der Waals surface area contributed by atoms with Gasteiger partial charge in [-0.3, -0.25) is 19.7 Å². The van der Waals surface area contributed by atoms with Crippen molar-refractivity contribution < 1.29 is 14.4 Å². The number of fused-ring (bicyclic) bond motifs is 1. The standard InChI is InChI=1S/C21H22ClN5O3/c1-11-7-8-15(14(22)9-11)24-19(29)13-10-16(28)25-18-17(13)20(30)27-21(26-18)23-12-5-3-2-4-6-12/h2-9,13,17-18,21,23,26H,10H2,1H3,(H,24,29)(H,25,28)(H,27,30). The van der Waals surface area contributed by atoms with Gasteiger partial charge in [0.2, 0.25) is 17.7 Å². The Labute approximate surface area is 178 Å². The molecule has 2 saturated heterocycles. The van der Waals surface area contributed by atoms with Gasteiger partial charge in [-0.15, -0.1) is 0 Å². The molecule has 2 heterocycles. The number of halogens is 1. The van der Waals surface area contributed by atoms with Gasteiger partial charge < -0.3 is 21.3 Å². The summed E-state index contributed by atoms with van der Waals surface area (Å²) in [5, 5.41) is 15.1. The Hall–Kier alpha value is -3.10. The van der Waals surface area contributed by atoms with Gasteiger partial charge in [-0.05, 0) is 36.8 Å². The van der Waals surface area contributed by atoms with E-state index < -0.39 is 30.2 Å². The van der Waals surface area contributed by atoms with E-state index in [1.807, 2.05) is 43.3 Å². The van der Waals surface area contributed by atoms with Crippen LogP contribution in [0.3, 0.4) is 0 Å². The van der Waals surface area contributed by atoms with E-state index in [2.05, 4.69) is 26.6 Å². The lowest BCUT2D eigenvalue weighted by Crippen LogP contribution is -2.72. The number of rotatable bonds is 4. The van der Waals surface area contributed by atoms with E-state index in [0.29, 0.717) is 10.7 Å². The summed E-state index contributed by atoms with van der Waals surface area (Å²) in [5.74, 6) is -2.61. The fourth-order valence-electron chi connectivity index (χ4n) is 3.80. The van der Waals surface area contributed by atoms with Gasteiger partial charge in [-0.1, -0.05) is 35.9 Å². The van der Waals surface area contributed by atoms with Crippen LogP contribution < -0.4 is 26.6 Å². The Morgan fingerprint density at radius 1 is 1.10 bits per heavy atom.